The summed E-state index contributed by atoms with van der Waals surface area (Å²) in [6.07, 6.45) is 5.29. The summed E-state index contributed by atoms with van der Waals surface area (Å²) in [7, 11) is 0. The molecule has 0 aliphatic heterocycles. The molecule has 5 heterocycles. The minimum atomic E-state index is -0.103. The van der Waals surface area contributed by atoms with Crippen LogP contribution in [-0.2, 0) is 4.79 Å². The van der Waals surface area contributed by atoms with E-state index in [1.54, 1.807) is 12.4 Å². The first-order valence-electron chi connectivity index (χ1n) is 11.6. The third-order valence-corrected chi connectivity index (χ3v) is 5.95. The van der Waals surface area contributed by atoms with Crippen LogP contribution in [0.15, 0.2) is 73.2 Å². The van der Waals surface area contributed by atoms with E-state index in [-0.39, 0.29) is 11.8 Å². The molecule has 3 N–H and O–H groups in total. The van der Waals surface area contributed by atoms with E-state index in [4.69, 9.17) is 9.97 Å². The average Bonchev–Trinajstić information content (AvgIpc) is 3.53. The molecule has 176 valence electrons. The summed E-state index contributed by atoms with van der Waals surface area (Å²) in [5.41, 5.74) is 7.78. The van der Waals surface area contributed by atoms with Crippen LogP contribution in [0.2, 0.25) is 0 Å². The number of hydrogen-bond acceptors (Lipinski definition) is 6. The normalized spacial score (nSPS) is 11.4. The number of aromatic nitrogens is 7. The van der Waals surface area contributed by atoms with Crippen molar-refractivity contribution in [3.05, 3.63) is 73.2 Å². The van der Waals surface area contributed by atoms with Gasteiger partial charge in [0.1, 0.15) is 5.52 Å². The van der Waals surface area contributed by atoms with Crippen LogP contribution in [0.25, 0.3) is 56.1 Å². The highest BCUT2D eigenvalue weighted by atomic mass is 16.1. The van der Waals surface area contributed by atoms with Crippen LogP contribution >= 0.6 is 0 Å². The second-order valence-electron chi connectivity index (χ2n) is 8.77. The summed E-state index contributed by atoms with van der Waals surface area (Å²) in [6, 6.07) is 17.3. The van der Waals surface area contributed by atoms with Gasteiger partial charge < -0.3 is 10.3 Å². The molecule has 0 fully saturated rings. The Labute approximate surface area is 206 Å². The number of nitrogens with one attached hydrogen (secondary N) is 3. The molecule has 1 amide bonds. The van der Waals surface area contributed by atoms with Crippen LogP contribution in [0.3, 0.4) is 0 Å². The van der Waals surface area contributed by atoms with Gasteiger partial charge in [0, 0.05) is 46.9 Å². The molecule has 0 aliphatic carbocycles. The molecule has 6 rings (SSSR count). The van der Waals surface area contributed by atoms with E-state index in [1.807, 2.05) is 74.6 Å². The maximum absolute atomic E-state index is 12.1. The highest BCUT2D eigenvalue weighted by Gasteiger charge is 2.17. The third-order valence-electron chi connectivity index (χ3n) is 5.95. The number of benzene rings is 1. The van der Waals surface area contributed by atoms with E-state index >= 15 is 0 Å². The molecule has 0 spiro atoms. The number of nitrogens with zero attached hydrogens (tertiary/aromatic N) is 5. The number of fused-ring (bicyclic) bond motifs is 2. The van der Waals surface area contributed by atoms with Gasteiger partial charge in [0.2, 0.25) is 5.91 Å². The zero-order valence-corrected chi connectivity index (χ0v) is 19.6. The lowest BCUT2D eigenvalue weighted by molar-refractivity contribution is -0.118. The predicted molar refractivity (Wildman–Crippen MR) is 139 cm³/mol. The number of aromatic amines is 2. The van der Waals surface area contributed by atoms with Crippen molar-refractivity contribution in [3.8, 4) is 33.9 Å². The van der Waals surface area contributed by atoms with Gasteiger partial charge in [0.05, 0.1) is 16.7 Å². The molecule has 0 saturated heterocycles. The lowest BCUT2D eigenvalue weighted by Crippen LogP contribution is -2.17. The molecule has 1 aromatic carbocycles. The quantitative estimate of drug-likeness (QED) is 0.315. The lowest BCUT2D eigenvalue weighted by Gasteiger charge is -2.09. The van der Waals surface area contributed by atoms with Gasteiger partial charge in [-0.25, -0.2) is 15.0 Å². The van der Waals surface area contributed by atoms with Crippen LogP contribution in [-0.4, -0.2) is 41.0 Å². The first-order chi connectivity index (χ1) is 17.6. The molecule has 36 heavy (non-hydrogen) atoms. The second-order valence-corrected chi connectivity index (χ2v) is 8.77. The molecule has 0 atom stereocenters. The van der Waals surface area contributed by atoms with Gasteiger partial charge in [-0.05, 0) is 36.4 Å². The number of anilines is 1. The highest BCUT2D eigenvalue weighted by Crippen LogP contribution is 2.31. The summed E-state index contributed by atoms with van der Waals surface area (Å²) >= 11 is 0. The van der Waals surface area contributed by atoms with Gasteiger partial charge in [-0.2, -0.15) is 5.10 Å². The fourth-order valence-corrected chi connectivity index (χ4v) is 4.05. The standard InChI is InChI=1S/C27H22N8O/c1-15(2)27(36)30-18-7-3-5-16(13-18)20-8-9-21-23(31-20)24(35-34-21)26-32-22-19(10-12-29-25(22)33-26)17-6-4-11-28-14-17/h3-15H,1-2H3,(H,30,36)(H,34,35)(H,29,32,33). The third kappa shape index (κ3) is 3.86. The van der Waals surface area contributed by atoms with Crippen molar-refractivity contribution in [1.82, 2.24) is 35.1 Å². The molecular weight excluding hydrogens is 452 g/mol. The number of pyridine rings is 3. The number of imidazole rings is 1. The Morgan fingerprint density at radius 3 is 2.69 bits per heavy atom. The van der Waals surface area contributed by atoms with Crippen LogP contribution < -0.4 is 5.32 Å². The van der Waals surface area contributed by atoms with Crippen molar-refractivity contribution in [3.63, 3.8) is 0 Å². The average molecular weight is 475 g/mol. The number of hydrogen-bond donors (Lipinski definition) is 3. The van der Waals surface area contributed by atoms with Crippen LogP contribution in [0, 0.1) is 5.92 Å². The molecule has 9 heteroatoms. The Morgan fingerprint density at radius 2 is 1.86 bits per heavy atom. The summed E-state index contributed by atoms with van der Waals surface area (Å²) in [4.78, 5) is 33.8. The first-order valence-corrected chi connectivity index (χ1v) is 11.6. The largest absolute Gasteiger partial charge is 0.335 e. The van der Waals surface area contributed by atoms with Crippen molar-refractivity contribution in [2.75, 3.05) is 5.32 Å². The number of carbonyl (C=O) groups is 1. The molecular formula is C27H22N8O. The van der Waals surface area contributed by atoms with Crippen molar-refractivity contribution < 1.29 is 4.79 Å². The highest BCUT2D eigenvalue weighted by molar-refractivity contribution is 5.95. The summed E-state index contributed by atoms with van der Waals surface area (Å²) in [6.45, 7) is 3.73. The Morgan fingerprint density at radius 1 is 0.972 bits per heavy atom. The molecule has 0 radical (unpaired) electrons. The van der Waals surface area contributed by atoms with E-state index in [9.17, 15) is 4.79 Å². The molecule has 0 bridgehead atoms. The van der Waals surface area contributed by atoms with Crippen LogP contribution in [0.1, 0.15) is 13.8 Å². The molecule has 9 nitrogen and oxygen atoms in total. The predicted octanol–water partition coefficient (Wildman–Crippen LogP) is 5.22. The van der Waals surface area contributed by atoms with E-state index in [0.717, 1.165) is 39.1 Å². The van der Waals surface area contributed by atoms with Gasteiger partial charge in [-0.15, -0.1) is 0 Å². The monoisotopic (exact) mass is 474 g/mol. The van der Waals surface area contributed by atoms with Crippen molar-refractivity contribution in [2.45, 2.75) is 13.8 Å². The first kappa shape index (κ1) is 21.6. The molecule has 5 aromatic heterocycles. The van der Waals surface area contributed by atoms with Gasteiger partial charge in [0.15, 0.2) is 17.2 Å². The fourth-order valence-electron chi connectivity index (χ4n) is 4.05. The van der Waals surface area contributed by atoms with Gasteiger partial charge in [-0.3, -0.25) is 14.9 Å². The van der Waals surface area contributed by atoms with Crippen LogP contribution in [0.4, 0.5) is 5.69 Å². The van der Waals surface area contributed by atoms with Gasteiger partial charge in [0.25, 0.3) is 0 Å². The van der Waals surface area contributed by atoms with Crippen molar-refractivity contribution in [1.29, 1.82) is 0 Å². The van der Waals surface area contributed by atoms with E-state index < -0.39 is 0 Å². The molecule has 0 unspecified atom stereocenters. The maximum atomic E-state index is 12.1. The molecule has 0 aliphatic rings. The Kier molecular flexibility index (Phi) is 5.22. The zero-order valence-electron chi connectivity index (χ0n) is 19.6. The number of rotatable bonds is 5. The summed E-state index contributed by atoms with van der Waals surface area (Å²) in [5, 5.41) is 10.5. The number of H-pyrrole nitrogens is 2. The topological polar surface area (TPSA) is 125 Å². The summed E-state index contributed by atoms with van der Waals surface area (Å²) in [5.74, 6) is 0.438. The minimum absolute atomic E-state index is 0.0307. The maximum Gasteiger partial charge on any atom is 0.226 e. The SMILES string of the molecule is CC(C)C(=O)Nc1cccc(-c2ccc3[nH]nc(-c4nc5nccc(-c6cccnc6)c5[nH]4)c3n2)c1. The van der Waals surface area contributed by atoms with Crippen LogP contribution in [0.5, 0.6) is 0 Å². The molecule has 6 aromatic rings. The van der Waals surface area contributed by atoms with Gasteiger partial charge >= 0.3 is 0 Å². The summed E-state index contributed by atoms with van der Waals surface area (Å²) < 4.78 is 0. The van der Waals surface area contributed by atoms with Crippen molar-refractivity contribution in [2.24, 2.45) is 5.92 Å². The Balaban J connectivity index is 1.41. The lowest BCUT2D eigenvalue weighted by atomic mass is 10.1. The number of amides is 1. The molecule has 0 saturated carbocycles. The van der Waals surface area contributed by atoms with Crippen molar-refractivity contribution >= 4 is 33.8 Å². The minimum Gasteiger partial charge on any atom is -0.335 e. The zero-order chi connectivity index (χ0) is 24.6. The Hall–Kier alpha value is -4.92. The smallest absolute Gasteiger partial charge is 0.226 e. The van der Waals surface area contributed by atoms with E-state index in [0.29, 0.717) is 22.7 Å². The van der Waals surface area contributed by atoms with Gasteiger partial charge in [-0.1, -0.05) is 32.0 Å². The fraction of sp³-hybridized carbons (Fsp3) is 0.111. The number of carbonyl (C=O) groups excluding carboxylic acids is 1. The second kappa shape index (κ2) is 8.70. The Bertz CT molecular complexity index is 1720. The van der Waals surface area contributed by atoms with E-state index in [2.05, 4.69) is 30.5 Å². The van der Waals surface area contributed by atoms with E-state index in [1.165, 1.54) is 0 Å².